The molecule has 7 heteroatoms. The zero-order valence-corrected chi connectivity index (χ0v) is 18.9. The minimum absolute atomic E-state index is 0.00233. The summed E-state index contributed by atoms with van der Waals surface area (Å²) in [5.74, 6) is 0.0396. The molecule has 0 bridgehead atoms. The van der Waals surface area contributed by atoms with Crippen molar-refractivity contribution in [2.45, 2.75) is 64.3 Å². The van der Waals surface area contributed by atoms with Gasteiger partial charge >= 0.3 is 6.03 Å². The number of hydrogen-bond donors (Lipinski definition) is 1. The number of morpholine rings is 1. The van der Waals surface area contributed by atoms with Crippen LogP contribution in [-0.4, -0.2) is 84.2 Å². The topological polar surface area (TPSA) is 65.1 Å². The molecule has 1 N–H and O–H groups in total. The van der Waals surface area contributed by atoms with Gasteiger partial charge in [0.2, 0.25) is 0 Å². The highest BCUT2D eigenvalue weighted by Gasteiger charge is 2.28. The van der Waals surface area contributed by atoms with Crippen LogP contribution in [0.25, 0.3) is 0 Å². The highest BCUT2D eigenvalue weighted by Crippen LogP contribution is 2.24. The Morgan fingerprint density at radius 2 is 1.55 bits per heavy atom. The van der Waals surface area contributed by atoms with Crippen LogP contribution in [0.1, 0.15) is 55.5 Å². The summed E-state index contributed by atoms with van der Waals surface area (Å²) < 4.78 is 5.72. The normalized spacial score (nSPS) is 25.6. The molecule has 1 saturated carbocycles. The van der Waals surface area contributed by atoms with Crippen LogP contribution >= 0.6 is 0 Å². The number of nitrogens with one attached hydrogen (secondary N) is 1. The van der Waals surface area contributed by atoms with Crippen LogP contribution in [0.15, 0.2) is 24.3 Å². The maximum atomic E-state index is 12.8. The first kappa shape index (κ1) is 22.1. The molecule has 0 aromatic heterocycles. The van der Waals surface area contributed by atoms with Crippen LogP contribution in [0.4, 0.5) is 4.79 Å². The molecule has 7 nitrogen and oxygen atoms in total. The van der Waals surface area contributed by atoms with Gasteiger partial charge in [-0.3, -0.25) is 9.69 Å². The molecule has 31 heavy (non-hydrogen) atoms. The number of carbonyl (C=O) groups is 2. The highest BCUT2D eigenvalue weighted by atomic mass is 16.5. The molecule has 0 spiro atoms. The Morgan fingerprint density at radius 1 is 0.935 bits per heavy atom. The molecule has 1 aliphatic carbocycles. The van der Waals surface area contributed by atoms with Gasteiger partial charge in [0.25, 0.3) is 5.91 Å². The average molecular weight is 429 g/mol. The van der Waals surface area contributed by atoms with E-state index in [1.165, 1.54) is 25.7 Å². The lowest BCUT2D eigenvalue weighted by molar-refractivity contribution is -0.0586. The summed E-state index contributed by atoms with van der Waals surface area (Å²) in [6.07, 6.45) is 5.44. The average Bonchev–Trinajstić information content (AvgIpc) is 3.32. The van der Waals surface area contributed by atoms with Crippen LogP contribution in [-0.2, 0) is 11.3 Å². The fourth-order valence-corrected chi connectivity index (χ4v) is 5.14. The minimum Gasteiger partial charge on any atom is -0.372 e. The van der Waals surface area contributed by atoms with E-state index < -0.39 is 0 Å². The van der Waals surface area contributed by atoms with Crippen molar-refractivity contribution in [3.8, 4) is 0 Å². The number of benzene rings is 1. The Labute approximate surface area is 185 Å². The highest BCUT2D eigenvalue weighted by molar-refractivity contribution is 5.94. The van der Waals surface area contributed by atoms with Gasteiger partial charge in [-0.25, -0.2) is 4.79 Å². The van der Waals surface area contributed by atoms with Gasteiger partial charge in [-0.05, 0) is 44.4 Å². The van der Waals surface area contributed by atoms with Crippen LogP contribution in [0.2, 0.25) is 0 Å². The van der Waals surface area contributed by atoms with Gasteiger partial charge in [0, 0.05) is 57.4 Å². The van der Waals surface area contributed by atoms with E-state index in [-0.39, 0.29) is 24.1 Å². The lowest BCUT2D eigenvalue weighted by atomic mass is 10.1. The number of hydrogen-bond acceptors (Lipinski definition) is 4. The number of nitrogens with zero attached hydrogens (tertiary/aromatic N) is 3. The quantitative estimate of drug-likeness (QED) is 0.801. The number of carbonyl (C=O) groups excluding carboxylic acids is 2. The van der Waals surface area contributed by atoms with Crippen LogP contribution in [0, 0.1) is 0 Å². The Kier molecular flexibility index (Phi) is 7.13. The zero-order chi connectivity index (χ0) is 21.8. The second-order valence-electron chi connectivity index (χ2n) is 9.28. The summed E-state index contributed by atoms with van der Waals surface area (Å²) in [5.41, 5.74) is 1.68. The summed E-state index contributed by atoms with van der Waals surface area (Å²) in [4.78, 5) is 31.7. The van der Waals surface area contributed by atoms with Crippen molar-refractivity contribution >= 4 is 11.9 Å². The standard InChI is InChI=1S/C24H36N4O3/c1-18-16-28(17-19(2)31-18)23(29)21-9-7-20(8-10-21)15-25-24(30)27-13-11-26(12-14-27)22-5-3-4-6-22/h7-10,18-19,22H,3-6,11-17H2,1-2H3,(H,25,30). The largest absolute Gasteiger partial charge is 0.372 e. The molecular weight excluding hydrogens is 392 g/mol. The van der Waals surface area contributed by atoms with Crippen molar-refractivity contribution < 1.29 is 14.3 Å². The fraction of sp³-hybridized carbons (Fsp3) is 0.667. The van der Waals surface area contributed by atoms with Gasteiger partial charge in [0.1, 0.15) is 0 Å². The molecule has 4 rings (SSSR count). The molecule has 3 fully saturated rings. The molecule has 1 aromatic rings. The first-order chi connectivity index (χ1) is 15.0. The lowest BCUT2D eigenvalue weighted by Gasteiger charge is -2.38. The van der Waals surface area contributed by atoms with Crippen molar-refractivity contribution in [1.29, 1.82) is 0 Å². The number of ether oxygens (including phenoxy) is 1. The summed E-state index contributed by atoms with van der Waals surface area (Å²) in [6.45, 7) is 9.26. The Hall–Kier alpha value is -2.12. The molecule has 0 radical (unpaired) electrons. The fourth-order valence-electron chi connectivity index (χ4n) is 5.14. The monoisotopic (exact) mass is 428 g/mol. The second-order valence-corrected chi connectivity index (χ2v) is 9.28. The molecule has 2 unspecified atom stereocenters. The summed E-state index contributed by atoms with van der Waals surface area (Å²) >= 11 is 0. The summed E-state index contributed by atoms with van der Waals surface area (Å²) in [6, 6.07) is 8.31. The molecule has 2 atom stereocenters. The van der Waals surface area contributed by atoms with Gasteiger partial charge in [0.05, 0.1) is 12.2 Å². The first-order valence-corrected chi connectivity index (χ1v) is 11.8. The Morgan fingerprint density at radius 3 is 2.16 bits per heavy atom. The molecule has 2 aliphatic heterocycles. The third-order valence-electron chi connectivity index (χ3n) is 6.79. The van der Waals surface area contributed by atoms with Gasteiger partial charge in [-0.2, -0.15) is 0 Å². The second kappa shape index (κ2) is 10.0. The van der Waals surface area contributed by atoms with Crippen LogP contribution < -0.4 is 5.32 Å². The molecule has 1 aromatic carbocycles. The zero-order valence-electron chi connectivity index (χ0n) is 18.9. The van der Waals surface area contributed by atoms with E-state index in [0.717, 1.165) is 37.8 Å². The first-order valence-electron chi connectivity index (χ1n) is 11.8. The van der Waals surface area contributed by atoms with E-state index in [9.17, 15) is 9.59 Å². The van der Waals surface area contributed by atoms with Gasteiger partial charge < -0.3 is 19.9 Å². The summed E-state index contributed by atoms with van der Waals surface area (Å²) in [7, 11) is 0. The van der Waals surface area contributed by atoms with Crippen LogP contribution in [0.3, 0.4) is 0 Å². The van der Waals surface area contributed by atoms with E-state index in [1.54, 1.807) is 0 Å². The van der Waals surface area contributed by atoms with E-state index in [4.69, 9.17) is 4.74 Å². The van der Waals surface area contributed by atoms with E-state index >= 15 is 0 Å². The molecule has 2 saturated heterocycles. The smallest absolute Gasteiger partial charge is 0.317 e. The lowest BCUT2D eigenvalue weighted by Crippen LogP contribution is -2.53. The molecule has 3 aliphatic rings. The molecule has 170 valence electrons. The van der Waals surface area contributed by atoms with Crippen molar-refractivity contribution in [3.63, 3.8) is 0 Å². The van der Waals surface area contributed by atoms with E-state index in [2.05, 4.69) is 10.2 Å². The Balaban J connectivity index is 1.23. The molecular formula is C24H36N4O3. The predicted molar refractivity (Wildman–Crippen MR) is 120 cm³/mol. The number of piperazine rings is 1. The number of amides is 3. The minimum atomic E-state index is 0.00233. The van der Waals surface area contributed by atoms with E-state index in [0.29, 0.717) is 25.2 Å². The van der Waals surface area contributed by atoms with Crippen LogP contribution in [0.5, 0.6) is 0 Å². The molecule has 2 heterocycles. The Bertz CT molecular complexity index is 745. The van der Waals surface area contributed by atoms with Gasteiger partial charge in [-0.1, -0.05) is 25.0 Å². The molecule has 3 amide bonds. The van der Waals surface area contributed by atoms with Crippen molar-refractivity contribution in [2.75, 3.05) is 39.3 Å². The predicted octanol–water partition coefficient (Wildman–Crippen LogP) is 2.71. The maximum Gasteiger partial charge on any atom is 0.317 e. The number of rotatable bonds is 4. The van der Waals surface area contributed by atoms with Gasteiger partial charge in [-0.15, -0.1) is 0 Å². The van der Waals surface area contributed by atoms with Gasteiger partial charge in [0.15, 0.2) is 0 Å². The SMILES string of the molecule is CC1CN(C(=O)c2ccc(CNC(=O)N3CCN(C4CCCC4)CC3)cc2)CC(C)O1. The third-order valence-corrected chi connectivity index (χ3v) is 6.79. The van der Waals surface area contributed by atoms with Crippen molar-refractivity contribution in [3.05, 3.63) is 35.4 Å². The van der Waals surface area contributed by atoms with Crippen molar-refractivity contribution in [2.24, 2.45) is 0 Å². The number of urea groups is 1. The third kappa shape index (κ3) is 5.57. The maximum absolute atomic E-state index is 12.8. The van der Waals surface area contributed by atoms with Crippen molar-refractivity contribution in [1.82, 2.24) is 20.0 Å². The summed E-state index contributed by atoms with van der Waals surface area (Å²) in [5, 5.41) is 3.03. The van der Waals surface area contributed by atoms with E-state index in [1.807, 2.05) is 47.9 Å².